The Labute approximate surface area is 108 Å². The molecule has 1 aromatic rings. The van der Waals surface area contributed by atoms with Gasteiger partial charge in [-0.15, -0.1) is 21.8 Å². The monoisotopic (exact) mass is 330 g/mol. The summed E-state index contributed by atoms with van der Waals surface area (Å²) < 4.78 is 0. The second-order valence-corrected chi connectivity index (χ2v) is 7.80. The van der Waals surface area contributed by atoms with Gasteiger partial charge in [-0.05, 0) is 23.6 Å². The average molecular weight is 330 g/mol. The molecule has 82 valence electrons. The zero-order valence-electron chi connectivity index (χ0n) is 9.38. The molecule has 0 saturated carbocycles. The highest BCUT2D eigenvalue weighted by Crippen LogP contribution is 2.12. The molecule has 0 aromatic heterocycles. The second kappa shape index (κ2) is 8.10. The first-order valence-corrected chi connectivity index (χ1v) is 11.8. The van der Waals surface area contributed by atoms with Crippen LogP contribution in [-0.2, 0) is 6.04 Å². The lowest BCUT2D eigenvalue weighted by molar-refractivity contribution is 0.816. The van der Waals surface area contributed by atoms with Gasteiger partial charge in [0.25, 0.3) is 0 Å². The first-order valence-electron chi connectivity index (χ1n) is 5.69. The number of unbranched alkanes of at least 4 members (excludes halogenated alkanes) is 2. The van der Waals surface area contributed by atoms with Gasteiger partial charge in [-0.2, -0.15) is 0 Å². The number of hydrogen-bond donors (Lipinski definition) is 0. The Balaban J connectivity index is 2.62. The summed E-state index contributed by atoms with van der Waals surface area (Å²) in [6, 6.07) is 10.1. The summed E-state index contributed by atoms with van der Waals surface area (Å²) in [7, 11) is 0.0976. The van der Waals surface area contributed by atoms with Crippen LogP contribution in [0.3, 0.4) is 0 Å². The molecule has 0 unspecified atom stereocenters. The topological polar surface area (TPSA) is 0 Å². The Kier molecular flexibility index (Phi) is 7.01. The quantitative estimate of drug-likeness (QED) is 0.321. The van der Waals surface area contributed by atoms with Gasteiger partial charge in [0.2, 0.25) is 0 Å². The van der Waals surface area contributed by atoms with Crippen LogP contribution >= 0.6 is 21.8 Å². The standard InChI is InChI=1S/C13H19ISi/c1-2-3-4-5-8-12-9-6-7-10-13(12)11-15-14/h5-10H,2-4,11,15H2,1H3. The van der Waals surface area contributed by atoms with Gasteiger partial charge in [-0.25, -0.2) is 0 Å². The van der Waals surface area contributed by atoms with Crippen molar-refractivity contribution in [1.29, 1.82) is 0 Å². The first kappa shape index (κ1) is 13.0. The summed E-state index contributed by atoms with van der Waals surface area (Å²) in [6.45, 7) is 2.24. The van der Waals surface area contributed by atoms with Crippen LogP contribution in [0.25, 0.3) is 6.08 Å². The molecule has 2 heteroatoms. The molecule has 0 saturated heterocycles. The van der Waals surface area contributed by atoms with Gasteiger partial charge < -0.3 is 0 Å². The second-order valence-electron chi connectivity index (χ2n) is 3.68. The third kappa shape index (κ3) is 4.98. The predicted molar refractivity (Wildman–Crippen MR) is 81.3 cm³/mol. The van der Waals surface area contributed by atoms with Crippen LogP contribution in [0.15, 0.2) is 30.3 Å². The highest BCUT2D eigenvalue weighted by Gasteiger charge is 1.96. The summed E-state index contributed by atoms with van der Waals surface area (Å²) >= 11 is 2.57. The largest absolute Gasteiger partial charge is 0.128 e. The Morgan fingerprint density at radius 2 is 2.13 bits per heavy atom. The van der Waals surface area contributed by atoms with Gasteiger partial charge in [0.15, 0.2) is 0 Å². The third-order valence-corrected chi connectivity index (χ3v) is 4.79. The Hall–Kier alpha value is -0.0931. The molecule has 0 spiro atoms. The molecule has 0 bridgehead atoms. The van der Waals surface area contributed by atoms with E-state index in [2.05, 4.69) is 65.1 Å². The van der Waals surface area contributed by atoms with E-state index in [-0.39, 0.29) is 7.02 Å². The maximum absolute atomic E-state index is 2.57. The van der Waals surface area contributed by atoms with E-state index in [1.165, 1.54) is 36.4 Å². The summed E-state index contributed by atoms with van der Waals surface area (Å²) in [4.78, 5) is 0. The summed E-state index contributed by atoms with van der Waals surface area (Å²) in [5, 5.41) is 0. The molecule has 15 heavy (non-hydrogen) atoms. The van der Waals surface area contributed by atoms with Gasteiger partial charge >= 0.3 is 0 Å². The van der Waals surface area contributed by atoms with Crippen LogP contribution in [-0.4, -0.2) is 7.02 Å². The smallest absolute Gasteiger partial charge is 0.0981 e. The van der Waals surface area contributed by atoms with E-state index in [1.54, 1.807) is 0 Å². The molecule has 0 N–H and O–H groups in total. The summed E-state index contributed by atoms with van der Waals surface area (Å²) in [5.41, 5.74) is 2.96. The third-order valence-electron chi connectivity index (χ3n) is 2.44. The lowest BCUT2D eigenvalue weighted by atomic mass is 10.1. The number of benzene rings is 1. The maximum atomic E-state index is 2.57. The molecule has 1 rings (SSSR count). The van der Waals surface area contributed by atoms with Crippen molar-refractivity contribution in [3.8, 4) is 0 Å². The Morgan fingerprint density at radius 1 is 1.33 bits per heavy atom. The fourth-order valence-corrected chi connectivity index (χ4v) is 3.96. The van der Waals surface area contributed by atoms with Crippen LogP contribution < -0.4 is 0 Å². The van der Waals surface area contributed by atoms with Crippen LogP contribution in [0.5, 0.6) is 0 Å². The average Bonchev–Trinajstić information content (AvgIpc) is 2.27. The van der Waals surface area contributed by atoms with Crippen LogP contribution in [0.2, 0.25) is 0 Å². The first-order chi connectivity index (χ1) is 7.38. The Morgan fingerprint density at radius 3 is 2.87 bits per heavy atom. The molecule has 0 amide bonds. The van der Waals surface area contributed by atoms with Crippen molar-refractivity contribution in [1.82, 2.24) is 0 Å². The van der Waals surface area contributed by atoms with Crippen molar-refractivity contribution >= 4 is 34.9 Å². The summed E-state index contributed by atoms with van der Waals surface area (Å²) in [5.74, 6) is 0. The van der Waals surface area contributed by atoms with Gasteiger partial charge in [-0.3, -0.25) is 0 Å². The number of allylic oxidation sites excluding steroid dienone is 1. The SMILES string of the molecule is CCCCC=Cc1ccccc1C[SiH2]I. The molecule has 0 radical (unpaired) electrons. The molecule has 0 fully saturated rings. The van der Waals surface area contributed by atoms with Crippen molar-refractivity contribution in [2.24, 2.45) is 0 Å². The lowest BCUT2D eigenvalue weighted by Gasteiger charge is -2.02. The van der Waals surface area contributed by atoms with E-state index in [4.69, 9.17) is 0 Å². The highest BCUT2D eigenvalue weighted by atomic mass is 127. The number of halogens is 1. The minimum atomic E-state index is 0.0976. The molecular weight excluding hydrogens is 311 g/mol. The molecule has 1 aromatic carbocycles. The van der Waals surface area contributed by atoms with E-state index in [1.807, 2.05) is 0 Å². The Bertz CT molecular complexity index is 307. The lowest BCUT2D eigenvalue weighted by Crippen LogP contribution is -1.91. The van der Waals surface area contributed by atoms with Gasteiger partial charge in [0, 0.05) is 0 Å². The fourth-order valence-electron chi connectivity index (χ4n) is 1.56. The van der Waals surface area contributed by atoms with Crippen molar-refractivity contribution in [3.63, 3.8) is 0 Å². The van der Waals surface area contributed by atoms with Crippen molar-refractivity contribution in [2.75, 3.05) is 0 Å². The zero-order chi connectivity index (χ0) is 10.9. The maximum Gasteiger partial charge on any atom is 0.0981 e. The van der Waals surface area contributed by atoms with Crippen molar-refractivity contribution in [3.05, 3.63) is 41.5 Å². The number of rotatable bonds is 6. The van der Waals surface area contributed by atoms with E-state index in [0.717, 1.165) is 0 Å². The minimum absolute atomic E-state index is 0.0976. The van der Waals surface area contributed by atoms with Crippen molar-refractivity contribution < 1.29 is 0 Å². The minimum Gasteiger partial charge on any atom is -0.128 e. The molecule has 0 heterocycles. The molecule has 0 aliphatic heterocycles. The molecular formula is C13H19ISi. The molecule has 0 nitrogen and oxygen atoms in total. The van der Waals surface area contributed by atoms with Crippen molar-refractivity contribution in [2.45, 2.75) is 32.2 Å². The molecule has 0 atom stereocenters. The van der Waals surface area contributed by atoms with Gasteiger partial charge in [0.1, 0.15) is 0 Å². The predicted octanol–water partition coefficient (Wildman–Crippen LogP) is 3.91. The van der Waals surface area contributed by atoms with E-state index >= 15 is 0 Å². The van der Waals surface area contributed by atoms with Crippen LogP contribution in [0.1, 0.15) is 37.3 Å². The van der Waals surface area contributed by atoms with E-state index in [0.29, 0.717) is 0 Å². The highest BCUT2D eigenvalue weighted by molar-refractivity contribution is 14.1. The van der Waals surface area contributed by atoms with Crippen LogP contribution in [0.4, 0.5) is 0 Å². The van der Waals surface area contributed by atoms with E-state index in [9.17, 15) is 0 Å². The number of hydrogen-bond acceptors (Lipinski definition) is 0. The molecule has 0 aliphatic carbocycles. The van der Waals surface area contributed by atoms with Gasteiger partial charge in [-0.1, -0.05) is 56.2 Å². The zero-order valence-corrected chi connectivity index (χ0v) is 12.9. The molecule has 0 aliphatic rings. The van der Waals surface area contributed by atoms with Crippen LogP contribution in [0, 0.1) is 0 Å². The van der Waals surface area contributed by atoms with E-state index < -0.39 is 0 Å². The fraction of sp³-hybridized carbons (Fsp3) is 0.385. The normalized spacial score (nSPS) is 11.9. The van der Waals surface area contributed by atoms with Gasteiger partial charge in [0.05, 0.1) is 7.02 Å². The summed E-state index contributed by atoms with van der Waals surface area (Å²) in [6.07, 6.45) is 8.42.